The number of carbonyl (C=O) groups is 2. The molecule has 1 atom stereocenters. The van der Waals surface area contributed by atoms with E-state index in [4.69, 9.17) is 4.74 Å². The Labute approximate surface area is 121 Å². The standard InChI is InChI=1S/C15H26O5/c1-3-20-15(18)10-8-6-4-5-7-9-13(16)11-12-14(17)19-2/h11-13,16H,3-10H2,1-2H3/b12-11+/t13-/m0/s1. The first-order chi connectivity index (χ1) is 9.60. The Morgan fingerprint density at radius 1 is 1.15 bits per heavy atom. The minimum atomic E-state index is -0.603. The first kappa shape index (κ1) is 18.6. The van der Waals surface area contributed by atoms with Gasteiger partial charge in [0.15, 0.2) is 0 Å². The number of esters is 2. The van der Waals surface area contributed by atoms with Gasteiger partial charge in [0.05, 0.1) is 19.8 Å². The molecule has 0 saturated heterocycles. The molecule has 5 heteroatoms. The van der Waals surface area contributed by atoms with Crippen LogP contribution in [0.25, 0.3) is 0 Å². The van der Waals surface area contributed by atoms with Crippen molar-refractivity contribution in [1.29, 1.82) is 0 Å². The number of rotatable bonds is 11. The second kappa shape index (κ2) is 12.7. The summed E-state index contributed by atoms with van der Waals surface area (Å²) < 4.78 is 9.27. The third-order valence-corrected chi connectivity index (χ3v) is 2.84. The lowest BCUT2D eigenvalue weighted by atomic mass is 10.1. The maximum Gasteiger partial charge on any atom is 0.330 e. The van der Waals surface area contributed by atoms with Crippen LogP contribution in [-0.2, 0) is 19.1 Å². The third kappa shape index (κ3) is 11.7. The molecule has 5 nitrogen and oxygen atoms in total. The van der Waals surface area contributed by atoms with Crippen LogP contribution in [0, 0.1) is 0 Å². The van der Waals surface area contributed by atoms with E-state index in [-0.39, 0.29) is 5.97 Å². The van der Waals surface area contributed by atoms with Crippen LogP contribution in [-0.4, -0.2) is 36.9 Å². The summed E-state index contributed by atoms with van der Waals surface area (Å²) in [5.74, 6) is -0.584. The molecule has 0 aliphatic rings. The Morgan fingerprint density at radius 2 is 1.80 bits per heavy atom. The molecule has 0 rings (SSSR count). The van der Waals surface area contributed by atoms with Crippen molar-refractivity contribution in [3.8, 4) is 0 Å². The molecular weight excluding hydrogens is 260 g/mol. The zero-order valence-corrected chi connectivity index (χ0v) is 12.5. The zero-order valence-electron chi connectivity index (χ0n) is 12.5. The van der Waals surface area contributed by atoms with Gasteiger partial charge >= 0.3 is 11.9 Å². The predicted molar refractivity (Wildman–Crippen MR) is 76.1 cm³/mol. The molecule has 0 aromatic rings. The summed E-state index contributed by atoms with van der Waals surface area (Å²) in [5.41, 5.74) is 0. The van der Waals surface area contributed by atoms with Crippen LogP contribution in [0.5, 0.6) is 0 Å². The summed E-state index contributed by atoms with van der Waals surface area (Å²) in [6.07, 6.45) is 7.98. The summed E-state index contributed by atoms with van der Waals surface area (Å²) >= 11 is 0. The molecule has 1 N–H and O–H groups in total. The van der Waals surface area contributed by atoms with Crippen molar-refractivity contribution in [2.24, 2.45) is 0 Å². The van der Waals surface area contributed by atoms with Gasteiger partial charge in [0.1, 0.15) is 0 Å². The highest BCUT2D eigenvalue weighted by atomic mass is 16.5. The Bertz CT molecular complexity index is 299. The normalized spacial score (nSPS) is 12.3. The van der Waals surface area contributed by atoms with Crippen molar-refractivity contribution >= 4 is 11.9 Å². The van der Waals surface area contributed by atoms with E-state index in [0.717, 1.165) is 32.1 Å². The minimum Gasteiger partial charge on any atom is -0.466 e. The lowest BCUT2D eigenvalue weighted by Crippen LogP contribution is -2.04. The zero-order chi connectivity index (χ0) is 15.2. The summed E-state index contributed by atoms with van der Waals surface area (Å²) in [6.45, 7) is 2.24. The van der Waals surface area contributed by atoms with Crippen LogP contribution < -0.4 is 0 Å². The molecule has 116 valence electrons. The molecule has 0 saturated carbocycles. The number of methoxy groups -OCH3 is 1. The van der Waals surface area contributed by atoms with Gasteiger partial charge in [-0.15, -0.1) is 0 Å². The Hall–Kier alpha value is -1.36. The lowest BCUT2D eigenvalue weighted by Gasteiger charge is -2.05. The van der Waals surface area contributed by atoms with Gasteiger partial charge in [-0.2, -0.15) is 0 Å². The van der Waals surface area contributed by atoms with Crippen LogP contribution in [0.3, 0.4) is 0 Å². The highest BCUT2D eigenvalue weighted by Crippen LogP contribution is 2.09. The number of ether oxygens (including phenoxy) is 2. The van der Waals surface area contributed by atoms with Crippen molar-refractivity contribution in [1.82, 2.24) is 0 Å². The number of hydrogen-bond acceptors (Lipinski definition) is 5. The molecule has 0 aromatic carbocycles. The van der Waals surface area contributed by atoms with E-state index >= 15 is 0 Å². The minimum absolute atomic E-state index is 0.129. The van der Waals surface area contributed by atoms with E-state index in [9.17, 15) is 14.7 Å². The van der Waals surface area contributed by atoms with Crippen molar-refractivity contribution in [2.45, 2.75) is 58.0 Å². The molecule has 0 aromatic heterocycles. The first-order valence-electron chi connectivity index (χ1n) is 7.20. The number of hydrogen-bond donors (Lipinski definition) is 1. The molecule has 0 bridgehead atoms. The molecule has 0 aliphatic carbocycles. The SMILES string of the molecule is CCOC(=O)CCCCCCC[C@H](O)/C=C/C(=O)OC. The average molecular weight is 286 g/mol. The van der Waals surface area contributed by atoms with E-state index in [2.05, 4.69) is 4.74 Å². The quantitative estimate of drug-likeness (QED) is 0.358. The van der Waals surface area contributed by atoms with Gasteiger partial charge in [0.2, 0.25) is 0 Å². The van der Waals surface area contributed by atoms with Crippen LogP contribution in [0.1, 0.15) is 51.9 Å². The van der Waals surface area contributed by atoms with Crippen molar-refractivity contribution < 1.29 is 24.2 Å². The highest BCUT2D eigenvalue weighted by molar-refractivity contribution is 5.81. The maximum atomic E-state index is 11.1. The Balaban J connectivity index is 3.41. The monoisotopic (exact) mass is 286 g/mol. The van der Waals surface area contributed by atoms with Crippen LogP contribution in [0.2, 0.25) is 0 Å². The van der Waals surface area contributed by atoms with Gasteiger partial charge in [0.25, 0.3) is 0 Å². The van der Waals surface area contributed by atoms with Crippen LogP contribution >= 0.6 is 0 Å². The van der Waals surface area contributed by atoms with Gasteiger partial charge in [-0.1, -0.05) is 25.7 Å². The maximum absolute atomic E-state index is 11.1. The van der Waals surface area contributed by atoms with Crippen LogP contribution in [0.4, 0.5) is 0 Å². The van der Waals surface area contributed by atoms with E-state index < -0.39 is 12.1 Å². The number of unbranched alkanes of at least 4 members (excludes halogenated alkanes) is 4. The average Bonchev–Trinajstić information content (AvgIpc) is 2.43. The Kier molecular flexibility index (Phi) is 11.8. The van der Waals surface area contributed by atoms with Crippen molar-refractivity contribution in [2.75, 3.05) is 13.7 Å². The summed E-state index contributed by atoms with van der Waals surface area (Å²) in [4.78, 5) is 21.9. The van der Waals surface area contributed by atoms with Gasteiger partial charge in [0, 0.05) is 12.5 Å². The van der Waals surface area contributed by atoms with Crippen molar-refractivity contribution in [3.63, 3.8) is 0 Å². The number of carbonyl (C=O) groups excluding carboxylic acids is 2. The summed E-state index contributed by atoms with van der Waals surface area (Å²) in [5, 5.41) is 9.57. The molecule has 0 radical (unpaired) electrons. The smallest absolute Gasteiger partial charge is 0.330 e. The van der Waals surface area contributed by atoms with Gasteiger partial charge < -0.3 is 14.6 Å². The molecule has 0 aliphatic heterocycles. The van der Waals surface area contributed by atoms with Crippen LogP contribution in [0.15, 0.2) is 12.2 Å². The third-order valence-electron chi connectivity index (χ3n) is 2.84. The molecule has 0 fully saturated rings. The predicted octanol–water partition coefficient (Wildman–Crippen LogP) is 2.37. The molecule has 0 heterocycles. The number of aliphatic hydroxyl groups excluding tert-OH is 1. The fourth-order valence-electron chi connectivity index (χ4n) is 1.74. The van der Waals surface area contributed by atoms with Gasteiger partial charge in [-0.3, -0.25) is 4.79 Å². The van der Waals surface area contributed by atoms with E-state index in [1.54, 1.807) is 6.92 Å². The van der Waals surface area contributed by atoms with Gasteiger partial charge in [-0.05, 0) is 25.8 Å². The van der Waals surface area contributed by atoms with Gasteiger partial charge in [-0.25, -0.2) is 4.79 Å². The number of aliphatic hydroxyl groups is 1. The van der Waals surface area contributed by atoms with E-state index in [1.165, 1.54) is 19.3 Å². The fourth-order valence-corrected chi connectivity index (χ4v) is 1.74. The second-order valence-corrected chi connectivity index (χ2v) is 4.56. The van der Waals surface area contributed by atoms with Crippen molar-refractivity contribution in [3.05, 3.63) is 12.2 Å². The molecule has 0 spiro atoms. The summed E-state index contributed by atoms with van der Waals surface area (Å²) in [6, 6.07) is 0. The molecular formula is C15H26O5. The summed E-state index contributed by atoms with van der Waals surface area (Å²) in [7, 11) is 1.30. The first-order valence-corrected chi connectivity index (χ1v) is 7.20. The molecule has 0 unspecified atom stereocenters. The largest absolute Gasteiger partial charge is 0.466 e. The van der Waals surface area contributed by atoms with E-state index in [0.29, 0.717) is 19.4 Å². The highest BCUT2D eigenvalue weighted by Gasteiger charge is 2.02. The second-order valence-electron chi connectivity index (χ2n) is 4.56. The molecule has 20 heavy (non-hydrogen) atoms. The molecule has 0 amide bonds. The lowest BCUT2D eigenvalue weighted by molar-refractivity contribution is -0.143. The fraction of sp³-hybridized carbons (Fsp3) is 0.733. The topological polar surface area (TPSA) is 72.8 Å². The Morgan fingerprint density at radius 3 is 2.45 bits per heavy atom. The van der Waals surface area contributed by atoms with E-state index in [1.807, 2.05) is 0 Å².